The van der Waals surface area contributed by atoms with Gasteiger partial charge in [-0.05, 0) is 37.5 Å². The average Bonchev–Trinajstić information content (AvgIpc) is 2.31. The van der Waals surface area contributed by atoms with Crippen LogP contribution in [-0.2, 0) is 0 Å². The van der Waals surface area contributed by atoms with E-state index in [4.69, 9.17) is 5.73 Å². The van der Waals surface area contributed by atoms with Crippen LogP contribution in [0.15, 0.2) is 18.2 Å². The summed E-state index contributed by atoms with van der Waals surface area (Å²) in [4.78, 5) is 11.8. The van der Waals surface area contributed by atoms with Crippen LogP contribution >= 0.6 is 12.4 Å². The van der Waals surface area contributed by atoms with Gasteiger partial charge >= 0.3 is 0 Å². The Morgan fingerprint density at radius 1 is 1.50 bits per heavy atom. The van der Waals surface area contributed by atoms with Gasteiger partial charge in [-0.2, -0.15) is 0 Å². The van der Waals surface area contributed by atoms with Crippen LogP contribution in [0.4, 0.5) is 5.69 Å². The number of anilines is 1. The van der Waals surface area contributed by atoms with E-state index in [1.807, 2.05) is 19.9 Å². The standard InChI is InChI=1S/C13H20N2O2.ClH/c1-3-11(16)6-7-15-13(17)12-8-10(14)5-4-9(12)2;/h4-5,8,11,16H,3,6-7,14H2,1-2H3,(H,15,17);1H. The molecular weight excluding hydrogens is 252 g/mol. The van der Waals surface area contributed by atoms with E-state index in [9.17, 15) is 9.90 Å². The Kier molecular flexibility index (Phi) is 7.39. The molecule has 0 heterocycles. The third-order valence-corrected chi connectivity index (χ3v) is 2.74. The molecule has 0 aliphatic carbocycles. The molecule has 18 heavy (non-hydrogen) atoms. The molecule has 0 saturated heterocycles. The summed E-state index contributed by atoms with van der Waals surface area (Å²) >= 11 is 0. The first-order valence-electron chi connectivity index (χ1n) is 5.87. The molecule has 1 amide bonds. The highest BCUT2D eigenvalue weighted by atomic mass is 35.5. The predicted molar refractivity (Wildman–Crippen MR) is 76.1 cm³/mol. The van der Waals surface area contributed by atoms with Gasteiger partial charge in [0.05, 0.1) is 6.10 Å². The fraction of sp³-hybridized carbons (Fsp3) is 0.462. The number of nitrogens with one attached hydrogen (secondary N) is 1. The number of nitrogens with two attached hydrogens (primary N) is 1. The molecule has 1 unspecified atom stereocenters. The van der Waals surface area contributed by atoms with Gasteiger partial charge in [-0.25, -0.2) is 0 Å². The summed E-state index contributed by atoms with van der Waals surface area (Å²) < 4.78 is 0. The Balaban J connectivity index is 0.00000289. The van der Waals surface area contributed by atoms with Gasteiger partial charge in [-0.1, -0.05) is 13.0 Å². The number of rotatable bonds is 5. The maximum atomic E-state index is 11.8. The largest absolute Gasteiger partial charge is 0.399 e. The first-order valence-corrected chi connectivity index (χ1v) is 5.87. The molecule has 5 heteroatoms. The van der Waals surface area contributed by atoms with Gasteiger partial charge in [0.2, 0.25) is 0 Å². The van der Waals surface area contributed by atoms with E-state index in [2.05, 4.69) is 5.32 Å². The lowest BCUT2D eigenvalue weighted by Gasteiger charge is -2.10. The molecule has 102 valence electrons. The van der Waals surface area contributed by atoms with E-state index in [-0.39, 0.29) is 24.4 Å². The van der Waals surface area contributed by atoms with Crippen molar-refractivity contribution in [2.24, 2.45) is 0 Å². The quantitative estimate of drug-likeness (QED) is 0.717. The Morgan fingerprint density at radius 2 is 2.17 bits per heavy atom. The maximum Gasteiger partial charge on any atom is 0.251 e. The van der Waals surface area contributed by atoms with Crippen LogP contribution in [0, 0.1) is 6.92 Å². The second-order valence-corrected chi connectivity index (χ2v) is 4.18. The summed E-state index contributed by atoms with van der Waals surface area (Å²) in [6.45, 7) is 4.26. The van der Waals surface area contributed by atoms with Crippen molar-refractivity contribution in [3.8, 4) is 0 Å². The summed E-state index contributed by atoms with van der Waals surface area (Å²) in [5.74, 6) is -0.141. The molecule has 0 spiro atoms. The first-order chi connectivity index (χ1) is 8.04. The number of hydrogen-bond acceptors (Lipinski definition) is 3. The SMILES string of the molecule is CCC(O)CCNC(=O)c1cc(N)ccc1C.Cl. The molecule has 4 nitrogen and oxygen atoms in total. The normalized spacial score (nSPS) is 11.5. The molecule has 0 aliphatic rings. The Morgan fingerprint density at radius 3 is 2.78 bits per heavy atom. The Labute approximate surface area is 114 Å². The highest BCUT2D eigenvalue weighted by Crippen LogP contribution is 2.12. The van der Waals surface area contributed by atoms with Crippen LogP contribution < -0.4 is 11.1 Å². The minimum atomic E-state index is -0.350. The van der Waals surface area contributed by atoms with Crippen LogP contribution in [-0.4, -0.2) is 23.7 Å². The smallest absolute Gasteiger partial charge is 0.251 e. The minimum absolute atomic E-state index is 0. The highest BCUT2D eigenvalue weighted by molar-refractivity contribution is 5.96. The van der Waals surface area contributed by atoms with E-state index < -0.39 is 0 Å². The van der Waals surface area contributed by atoms with Gasteiger partial charge in [0.15, 0.2) is 0 Å². The fourth-order valence-electron chi connectivity index (χ4n) is 1.54. The summed E-state index contributed by atoms with van der Waals surface area (Å²) in [5.41, 5.74) is 7.71. The second kappa shape index (κ2) is 7.95. The molecule has 0 bridgehead atoms. The number of carbonyl (C=O) groups is 1. The van der Waals surface area contributed by atoms with E-state index in [0.717, 1.165) is 5.56 Å². The highest BCUT2D eigenvalue weighted by Gasteiger charge is 2.09. The van der Waals surface area contributed by atoms with Gasteiger partial charge in [0.1, 0.15) is 0 Å². The van der Waals surface area contributed by atoms with E-state index >= 15 is 0 Å². The third kappa shape index (κ3) is 4.94. The summed E-state index contributed by atoms with van der Waals surface area (Å²) in [5, 5.41) is 12.1. The van der Waals surface area contributed by atoms with E-state index in [1.54, 1.807) is 12.1 Å². The number of hydrogen-bond donors (Lipinski definition) is 3. The lowest BCUT2D eigenvalue weighted by Crippen LogP contribution is -2.27. The summed E-state index contributed by atoms with van der Waals surface area (Å²) in [6.07, 6.45) is 0.925. The average molecular weight is 273 g/mol. The zero-order valence-electron chi connectivity index (χ0n) is 10.8. The summed E-state index contributed by atoms with van der Waals surface area (Å²) in [6, 6.07) is 5.26. The Bertz CT molecular complexity index is 397. The van der Waals surface area contributed by atoms with Gasteiger partial charge in [-0.15, -0.1) is 12.4 Å². The topological polar surface area (TPSA) is 75.3 Å². The lowest BCUT2D eigenvalue weighted by molar-refractivity contribution is 0.0941. The number of aryl methyl sites for hydroxylation is 1. The first kappa shape index (κ1) is 16.7. The van der Waals surface area contributed by atoms with Crippen LogP contribution in [0.1, 0.15) is 35.7 Å². The number of halogens is 1. The van der Waals surface area contributed by atoms with Crippen molar-refractivity contribution in [1.82, 2.24) is 5.32 Å². The number of nitrogen functional groups attached to an aromatic ring is 1. The van der Waals surface area contributed by atoms with E-state index in [0.29, 0.717) is 30.6 Å². The maximum absolute atomic E-state index is 11.8. The Hall–Kier alpha value is -1.26. The molecule has 1 aromatic carbocycles. The minimum Gasteiger partial charge on any atom is -0.399 e. The molecule has 1 aromatic rings. The predicted octanol–water partition coefficient (Wildman–Crippen LogP) is 1.89. The van der Waals surface area contributed by atoms with Crippen molar-refractivity contribution in [1.29, 1.82) is 0 Å². The molecule has 1 rings (SSSR count). The van der Waals surface area contributed by atoms with Crippen LogP contribution in [0.2, 0.25) is 0 Å². The third-order valence-electron chi connectivity index (χ3n) is 2.74. The van der Waals surface area contributed by atoms with Crippen LogP contribution in [0.25, 0.3) is 0 Å². The molecule has 0 aliphatic heterocycles. The summed E-state index contributed by atoms with van der Waals surface area (Å²) in [7, 11) is 0. The lowest BCUT2D eigenvalue weighted by atomic mass is 10.1. The van der Waals surface area contributed by atoms with Crippen molar-refractivity contribution in [2.75, 3.05) is 12.3 Å². The zero-order valence-corrected chi connectivity index (χ0v) is 11.6. The van der Waals surface area contributed by atoms with Crippen molar-refractivity contribution >= 4 is 24.0 Å². The fourth-order valence-corrected chi connectivity index (χ4v) is 1.54. The van der Waals surface area contributed by atoms with E-state index in [1.165, 1.54) is 0 Å². The number of amides is 1. The van der Waals surface area contributed by atoms with Crippen molar-refractivity contribution in [2.45, 2.75) is 32.8 Å². The van der Waals surface area contributed by atoms with Crippen molar-refractivity contribution in [3.05, 3.63) is 29.3 Å². The zero-order chi connectivity index (χ0) is 12.8. The van der Waals surface area contributed by atoms with Crippen LogP contribution in [0.5, 0.6) is 0 Å². The van der Waals surface area contributed by atoms with Gasteiger partial charge in [0.25, 0.3) is 5.91 Å². The molecule has 0 saturated carbocycles. The molecule has 0 aromatic heterocycles. The number of aliphatic hydroxyl groups is 1. The number of carbonyl (C=O) groups excluding carboxylic acids is 1. The molecule has 0 fully saturated rings. The number of aliphatic hydroxyl groups excluding tert-OH is 1. The van der Waals surface area contributed by atoms with Gasteiger partial charge in [0, 0.05) is 17.8 Å². The van der Waals surface area contributed by atoms with Crippen LogP contribution in [0.3, 0.4) is 0 Å². The molecular formula is C13H21ClN2O2. The molecule has 0 radical (unpaired) electrons. The van der Waals surface area contributed by atoms with Crippen molar-refractivity contribution in [3.63, 3.8) is 0 Å². The number of benzene rings is 1. The van der Waals surface area contributed by atoms with Gasteiger partial charge in [-0.3, -0.25) is 4.79 Å². The molecule has 4 N–H and O–H groups in total. The van der Waals surface area contributed by atoms with Crippen molar-refractivity contribution < 1.29 is 9.90 Å². The molecule has 1 atom stereocenters. The monoisotopic (exact) mass is 272 g/mol. The second-order valence-electron chi connectivity index (χ2n) is 4.18. The van der Waals surface area contributed by atoms with Gasteiger partial charge < -0.3 is 16.2 Å².